The zero-order valence-electron chi connectivity index (χ0n) is 17.5. The summed E-state index contributed by atoms with van der Waals surface area (Å²) in [6.45, 7) is 7.72. The normalized spacial score (nSPS) is 26.2. The van der Waals surface area contributed by atoms with E-state index < -0.39 is 0 Å². The van der Waals surface area contributed by atoms with Crippen LogP contribution in [0.3, 0.4) is 0 Å². The Balaban J connectivity index is 1.69. The molecule has 1 saturated heterocycles. The Hall–Kier alpha value is -1.51. The summed E-state index contributed by atoms with van der Waals surface area (Å²) in [6.07, 6.45) is 10.3. The Kier molecular flexibility index (Phi) is 6.83. The van der Waals surface area contributed by atoms with E-state index in [0.29, 0.717) is 12.0 Å². The lowest BCUT2D eigenvalue weighted by molar-refractivity contribution is -0.00817. The van der Waals surface area contributed by atoms with Crippen LogP contribution in [0.1, 0.15) is 84.1 Å². The van der Waals surface area contributed by atoms with Gasteiger partial charge in [-0.25, -0.2) is 4.79 Å². The maximum absolute atomic E-state index is 13.0. The molecule has 3 nitrogen and oxygen atoms in total. The molecule has 3 atom stereocenters. The van der Waals surface area contributed by atoms with Gasteiger partial charge in [0.1, 0.15) is 6.10 Å². The van der Waals surface area contributed by atoms with Crippen molar-refractivity contribution in [2.75, 3.05) is 6.54 Å². The zero-order chi connectivity index (χ0) is 19.3. The lowest BCUT2D eigenvalue weighted by Gasteiger charge is -2.42. The summed E-state index contributed by atoms with van der Waals surface area (Å²) in [7, 11) is 0. The summed E-state index contributed by atoms with van der Waals surface area (Å²) in [5.41, 5.74) is 1.36. The lowest BCUT2D eigenvalue weighted by atomic mass is 9.66. The van der Waals surface area contributed by atoms with E-state index in [9.17, 15) is 4.79 Å². The molecule has 1 aromatic rings. The van der Waals surface area contributed by atoms with Crippen LogP contribution in [0.2, 0.25) is 0 Å². The maximum atomic E-state index is 13.0. The molecule has 0 bridgehead atoms. The fraction of sp³-hybridized carbons (Fsp3) is 0.708. The van der Waals surface area contributed by atoms with Gasteiger partial charge in [-0.1, -0.05) is 70.4 Å². The number of rotatable bonds is 6. The first kappa shape index (κ1) is 20.2. The molecule has 0 radical (unpaired) electrons. The molecule has 0 N–H and O–H groups in total. The predicted molar refractivity (Wildman–Crippen MR) is 111 cm³/mol. The highest BCUT2D eigenvalue weighted by Crippen LogP contribution is 2.42. The number of carbonyl (C=O) groups excluding carboxylic acids is 1. The Morgan fingerprint density at radius 3 is 2.59 bits per heavy atom. The standard InChI is InChI=1S/C24H37NO2/c1-4-5-14-20-15-11-18-25(20)23(26)27-22-17-10-9-16-21(22)24(2,3)19-12-7-6-8-13-19/h6-8,12-13,20-22H,4-5,9-11,14-18H2,1-3H3/t20-,21-,22-/m1/s1. The van der Waals surface area contributed by atoms with Crippen molar-refractivity contribution in [3.8, 4) is 0 Å². The first-order valence-electron chi connectivity index (χ1n) is 11.1. The van der Waals surface area contributed by atoms with E-state index in [1.54, 1.807) is 0 Å². The van der Waals surface area contributed by atoms with Gasteiger partial charge in [0, 0.05) is 18.5 Å². The molecule has 27 heavy (non-hydrogen) atoms. The van der Waals surface area contributed by atoms with Crippen molar-refractivity contribution in [1.29, 1.82) is 0 Å². The molecule has 0 aromatic heterocycles. The monoisotopic (exact) mass is 371 g/mol. The van der Waals surface area contributed by atoms with Crippen molar-refractivity contribution >= 4 is 6.09 Å². The van der Waals surface area contributed by atoms with Gasteiger partial charge in [-0.2, -0.15) is 0 Å². The van der Waals surface area contributed by atoms with Crippen LogP contribution < -0.4 is 0 Å². The third-order valence-electron chi connectivity index (χ3n) is 6.90. The van der Waals surface area contributed by atoms with E-state index >= 15 is 0 Å². The quantitative estimate of drug-likeness (QED) is 0.586. The number of ether oxygens (including phenoxy) is 1. The summed E-state index contributed by atoms with van der Waals surface area (Å²) >= 11 is 0. The fourth-order valence-electron chi connectivity index (χ4n) is 5.16. The third kappa shape index (κ3) is 4.67. The van der Waals surface area contributed by atoms with E-state index in [4.69, 9.17) is 4.74 Å². The number of amides is 1. The van der Waals surface area contributed by atoms with Gasteiger partial charge in [0.25, 0.3) is 0 Å². The van der Waals surface area contributed by atoms with E-state index in [0.717, 1.165) is 38.6 Å². The van der Waals surface area contributed by atoms with Gasteiger partial charge in [0.2, 0.25) is 0 Å². The van der Waals surface area contributed by atoms with Crippen LogP contribution in [0.4, 0.5) is 4.79 Å². The minimum Gasteiger partial charge on any atom is -0.446 e. The minimum atomic E-state index is -0.0608. The summed E-state index contributed by atoms with van der Waals surface area (Å²) in [6, 6.07) is 11.1. The van der Waals surface area contributed by atoms with Crippen molar-refractivity contribution in [2.24, 2.45) is 5.92 Å². The third-order valence-corrected chi connectivity index (χ3v) is 6.90. The Morgan fingerprint density at radius 1 is 1.11 bits per heavy atom. The Bertz CT molecular complexity index is 598. The largest absolute Gasteiger partial charge is 0.446 e. The fourth-order valence-corrected chi connectivity index (χ4v) is 5.16. The highest BCUT2D eigenvalue weighted by molar-refractivity contribution is 5.68. The Morgan fingerprint density at radius 2 is 1.85 bits per heavy atom. The molecular weight excluding hydrogens is 334 g/mol. The van der Waals surface area contributed by atoms with Crippen molar-refractivity contribution in [1.82, 2.24) is 4.90 Å². The van der Waals surface area contributed by atoms with E-state index in [2.05, 4.69) is 51.1 Å². The molecular formula is C24H37NO2. The molecule has 0 unspecified atom stereocenters. The van der Waals surface area contributed by atoms with Crippen LogP contribution in [-0.2, 0) is 10.2 Å². The Labute approximate surface area is 165 Å². The predicted octanol–water partition coefficient (Wildman–Crippen LogP) is 6.31. The first-order valence-corrected chi connectivity index (χ1v) is 11.1. The first-order chi connectivity index (χ1) is 13.0. The van der Waals surface area contributed by atoms with Gasteiger partial charge in [-0.05, 0) is 49.5 Å². The zero-order valence-corrected chi connectivity index (χ0v) is 17.5. The van der Waals surface area contributed by atoms with Crippen molar-refractivity contribution in [3.63, 3.8) is 0 Å². The van der Waals surface area contributed by atoms with Gasteiger partial charge in [-0.3, -0.25) is 0 Å². The number of likely N-dealkylation sites (tertiary alicyclic amines) is 1. The molecule has 150 valence electrons. The maximum Gasteiger partial charge on any atom is 0.410 e. The minimum absolute atomic E-state index is 0.0131. The van der Waals surface area contributed by atoms with Gasteiger partial charge in [0.15, 0.2) is 0 Å². The van der Waals surface area contributed by atoms with E-state index in [1.165, 1.54) is 31.2 Å². The van der Waals surface area contributed by atoms with Crippen LogP contribution in [0.15, 0.2) is 30.3 Å². The number of hydrogen-bond donors (Lipinski definition) is 0. The number of nitrogens with zero attached hydrogens (tertiary/aromatic N) is 1. The smallest absolute Gasteiger partial charge is 0.410 e. The summed E-state index contributed by atoms with van der Waals surface area (Å²) in [5.74, 6) is 0.384. The summed E-state index contributed by atoms with van der Waals surface area (Å²) in [5, 5.41) is 0. The van der Waals surface area contributed by atoms with E-state index in [1.807, 2.05) is 4.90 Å². The van der Waals surface area contributed by atoms with Gasteiger partial charge >= 0.3 is 6.09 Å². The molecule has 3 rings (SSSR count). The molecule has 1 heterocycles. The second-order valence-corrected chi connectivity index (χ2v) is 9.03. The molecule has 1 aliphatic heterocycles. The van der Waals surface area contributed by atoms with Gasteiger partial charge < -0.3 is 9.64 Å². The second kappa shape index (κ2) is 9.12. The van der Waals surface area contributed by atoms with Crippen molar-refractivity contribution in [2.45, 2.75) is 96.1 Å². The molecule has 0 spiro atoms. The summed E-state index contributed by atoms with van der Waals surface area (Å²) < 4.78 is 6.19. The molecule has 2 aliphatic rings. The van der Waals surface area contributed by atoms with Gasteiger partial charge in [-0.15, -0.1) is 0 Å². The SMILES string of the molecule is CCCC[C@@H]1CCCN1C(=O)O[C@@H]1CCCC[C@H]1C(C)(C)c1ccccc1. The van der Waals surface area contributed by atoms with E-state index in [-0.39, 0.29) is 17.6 Å². The van der Waals surface area contributed by atoms with Crippen LogP contribution >= 0.6 is 0 Å². The number of unbranched alkanes of at least 4 members (excludes halogenated alkanes) is 1. The molecule has 1 aliphatic carbocycles. The molecule has 1 amide bonds. The number of benzene rings is 1. The van der Waals surface area contributed by atoms with Crippen LogP contribution in [0.5, 0.6) is 0 Å². The number of carbonyl (C=O) groups is 1. The van der Waals surface area contributed by atoms with Crippen molar-refractivity contribution in [3.05, 3.63) is 35.9 Å². The van der Waals surface area contributed by atoms with Gasteiger partial charge in [0.05, 0.1) is 0 Å². The van der Waals surface area contributed by atoms with Crippen molar-refractivity contribution < 1.29 is 9.53 Å². The lowest BCUT2D eigenvalue weighted by Crippen LogP contribution is -2.45. The second-order valence-electron chi connectivity index (χ2n) is 9.03. The molecule has 2 fully saturated rings. The summed E-state index contributed by atoms with van der Waals surface area (Å²) in [4.78, 5) is 15.0. The van der Waals surface area contributed by atoms with Crippen LogP contribution in [0, 0.1) is 5.92 Å². The average molecular weight is 372 g/mol. The molecule has 3 heteroatoms. The van der Waals surface area contributed by atoms with Crippen LogP contribution in [0.25, 0.3) is 0 Å². The highest BCUT2D eigenvalue weighted by atomic mass is 16.6. The average Bonchev–Trinajstić information content (AvgIpc) is 3.16. The number of hydrogen-bond acceptors (Lipinski definition) is 2. The molecule has 1 saturated carbocycles. The molecule has 1 aromatic carbocycles. The highest BCUT2D eigenvalue weighted by Gasteiger charge is 2.41. The van der Waals surface area contributed by atoms with Crippen LogP contribution in [-0.4, -0.2) is 29.7 Å². The topological polar surface area (TPSA) is 29.5 Å².